The molecule has 0 saturated heterocycles. The second-order valence-corrected chi connectivity index (χ2v) is 8.42. The van der Waals surface area contributed by atoms with Gasteiger partial charge in [-0.3, -0.25) is 4.79 Å². The van der Waals surface area contributed by atoms with Crippen LogP contribution in [0.4, 0.5) is 5.69 Å². The Labute approximate surface area is 181 Å². The zero-order chi connectivity index (χ0) is 22.3. The summed E-state index contributed by atoms with van der Waals surface area (Å²) >= 11 is 0. The quantitative estimate of drug-likeness (QED) is 0.527. The van der Waals surface area contributed by atoms with Gasteiger partial charge in [0.1, 0.15) is 6.04 Å². The number of ether oxygens (including phenoxy) is 1. The Bertz CT molecular complexity index is 1150. The van der Waals surface area contributed by atoms with Gasteiger partial charge in [-0.25, -0.2) is 13.2 Å². The maximum absolute atomic E-state index is 13.1. The molecule has 1 atom stereocenters. The van der Waals surface area contributed by atoms with Crippen molar-refractivity contribution >= 4 is 27.6 Å². The van der Waals surface area contributed by atoms with Gasteiger partial charge in [-0.1, -0.05) is 60.7 Å². The summed E-state index contributed by atoms with van der Waals surface area (Å²) < 4.78 is 32.9. The average Bonchev–Trinajstić information content (AvgIpc) is 2.79. The molecule has 0 spiro atoms. The number of sulfonamides is 1. The first-order valence-electron chi connectivity index (χ1n) is 9.50. The van der Waals surface area contributed by atoms with Gasteiger partial charge in [0.05, 0.1) is 23.3 Å². The Morgan fingerprint density at radius 3 is 2.10 bits per heavy atom. The van der Waals surface area contributed by atoms with Gasteiger partial charge in [0.25, 0.3) is 0 Å². The molecule has 0 aromatic heterocycles. The minimum absolute atomic E-state index is 0.0517. The minimum atomic E-state index is -3.95. The molecule has 0 aliphatic rings. The zero-order valence-corrected chi connectivity index (χ0v) is 17.6. The van der Waals surface area contributed by atoms with E-state index in [0.717, 1.165) is 5.56 Å². The summed E-state index contributed by atoms with van der Waals surface area (Å²) in [5, 5.41) is 2.65. The molecule has 3 rings (SSSR count). The molecule has 8 heteroatoms. The predicted molar refractivity (Wildman–Crippen MR) is 117 cm³/mol. The Kier molecular flexibility index (Phi) is 7.17. The molecule has 0 unspecified atom stereocenters. The SMILES string of the molecule is COC(=O)c1ccccc1NC(=O)[C@@H](Cc1ccccc1)NS(=O)(=O)c1ccccc1. The van der Waals surface area contributed by atoms with Crippen molar-refractivity contribution in [1.29, 1.82) is 0 Å². The monoisotopic (exact) mass is 438 g/mol. The fraction of sp³-hybridized carbons (Fsp3) is 0.130. The topological polar surface area (TPSA) is 102 Å². The Hall–Kier alpha value is -3.49. The van der Waals surface area contributed by atoms with E-state index in [9.17, 15) is 18.0 Å². The summed E-state index contributed by atoms with van der Waals surface area (Å²) in [6, 6.07) is 22.1. The van der Waals surface area contributed by atoms with E-state index < -0.39 is 27.9 Å². The van der Waals surface area contributed by atoms with Gasteiger partial charge in [0.15, 0.2) is 0 Å². The molecular formula is C23H22N2O5S. The number of para-hydroxylation sites is 1. The number of anilines is 1. The molecule has 7 nitrogen and oxygen atoms in total. The third kappa shape index (κ3) is 5.78. The van der Waals surface area contributed by atoms with Gasteiger partial charge in [-0.2, -0.15) is 4.72 Å². The first-order valence-corrected chi connectivity index (χ1v) is 11.0. The summed E-state index contributed by atoms with van der Waals surface area (Å²) in [6.07, 6.45) is 0.124. The lowest BCUT2D eigenvalue weighted by Crippen LogP contribution is -2.45. The van der Waals surface area contributed by atoms with Crippen LogP contribution in [0.3, 0.4) is 0 Å². The lowest BCUT2D eigenvalue weighted by atomic mass is 10.1. The number of carbonyl (C=O) groups is 2. The highest BCUT2D eigenvalue weighted by molar-refractivity contribution is 7.89. The normalized spacial score (nSPS) is 12.0. The van der Waals surface area contributed by atoms with Crippen LogP contribution in [-0.4, -0.2) is 33.4 Å². The van der Waals surface area contributed by atoms with Gasteiger partial charge < -0.3 is 10.1 Å². The Balaban J connectivity index is 1.89. The van der Waals surface area contributed by atoms with Gasteiger partial charge in [-0.15, -0.1) is 0 Å². The number of rotatable bonds is 8. The summed E-state index contributed by atoms with van der Waals surface area (Å²) in [5.74, 6) is -1.21. The predicted octanol–water partition coefficient (Wildman–Crippen LogP) is 3.00. The summed E-state index contributed by atoms with van der Waals surface area (Å²) in [5.41, 5.74) is 1.18. The molecule has 2 N–H and O–H groups in total. The van der Waals surface area contributed by atoms with Crippen LogP contribution >= 0.6 is 0 Å². The molecule has 0 bridgehead atoms. The van der Waals surface area contributed by atoms with Crippen molar-refractivity contribution in [2.24, 2.45) is 0 Å². The van der Waals surface area contributed by atoms with Crippen LogP contribution in [0.25, 0.3) is 0 Å². The van der Waals surface area contributed by atoms with E-state index in [0.29, 0.717) is 0 Å². The van der Waals surface area contributed by atoms with E-state index in [2.05, 4.69) is 10.0 Å². The maximum atomic E-state index is 13.1. The first-order chi connectivity index (χ1) is 14.9. The Morgan fingerprint density at radius 1 is 0.871 bits per heavy atom. The minimum Gasteiger partial charge on any atom is -0.465 e. The number of esters is 1. The van der Waals surface area contributed by atoms with E-state index >= 15 is 0 Å². The molecule has 1 amide bonds. The summed E-state index contributed by atoms with van der Waals surface area (Å²) in [6.45, 7) is 0. The molecule has 0 heterocycles. The molecule has 0 saturated carbocycles. The van der Waals surface area contributed by atoms with Gasteiger partial charge in [-0.05, 0) is 36.2 Å². The average molecular weight is 439 g/mol. The maximum Gasteiger partial charge on any atom is 0.339 e. The lowest BCUT2D eigenvalue weighted by molar-refractivity contribution is -0.117. The number of hydrogen-bond donors (Lipinski definition) is 2. The number of methoxy groups -OCH3 is 1. The van der Waals surface area contributed by atoms with Crippen LogP contribution in [0.1, 0.15) is 15.9 Å². The van der Waals surface area contributed by atoms with Crippen molar-refractivity contribution in [2.75, 3.05) is 12.4 Å². The van der Waals surface area contributed by atoms with Crippen molar-refractivity contribution in [3.63, 3.8) is 0 Å². The van der Waals surface area contributed by atoms with Crippen molar-refractivity contribution in [1.82, 2.24) is 4.72 Å². The van der Waals surface area contributed by atoms with Crippen molar-refractivity contribution < 1.29 is 22.7 Å². The van der Waals surface area contributed by atoms with Crippen molar-refractivity contribution in [3.05, 3.63) is 96.1 Å². The van der Waals surface area contributed by atoms with E-state index in [1.165, 1.54) is 25.3 Å². The van der Waals surface area contributed by atoms with Gasteiger partial charge in [0, 0.05) is 0 Å². The fourth-order valence-corrected chi connectivity index (χ4v) is 4.21. The number of nitrogens with one attached hydrogen (secondary N) is 2. The largest absolute Gasteiger partial charge is 0.465 e. The zero-order valence-electron chi connectivity index (χ0n) is 16.8. The molecule has 0 radical (unpaired) electrons. The van der Waals surface area contributed by atoms with E-state index in [1.54, 1.807) is 48.5 Å². The standard InChI is InChI=1S/C23H22N2O5S/c1-30-23(27)19-14-8-9-15-20(19)24-22(26)21(16-17-10-4-2-5-11-17)25-31(28,29)18-12-6-3-7-13-18/h2-15,21,25H,16H2,1H3,(H,24,26)/t21-/m1/s1. The molecule has 160 valence electrons. The van der Waals surface area contributed by atoms with Crippen LogP contribution in [0, 0.1) is 0 Å². The van der Waals surface area contributed by atoms with Crippen LogP contribution in [0.5, 0.6) is 0 Å². The van der Waals surface area contributed by atoms with E-state index in [-0.39, 0.29) is 22.6 Å². The third-order valence-corrected chi connectivity index (χ3v) is 6.03. The third-order valence-electron chi connectivity index (χ3n) is 4.54. The second-order valence-electron chi connectivity index (χ2n) is 6.70. The second kappa shape index (κ2) is 10.0. The molecule has 0 fully saturated rings. The lowest BCUT2D eigenvalue weighted by Gasteiger charge is -2.19. The van der Waals surface area contributed by atoms with Crippen LogP contribution in [-0.2, 0) is 26.0 Å². The highest BCUT2D eigenvalue weighted by atomic mass is 32.2. The van der Waals surface area contributed by atoms with Crippen molar-refractivity contribution in [3.8, 4) is 0 Å². The number of benzene rings is 3. The highest BCUT2D eigenvalue weighted by Gasteiger charge is 2.27. The molecule has 31 heavy (non-hydrogen) atoms. The highest BCUT2D eigenvalue weighted by Crippen LogP contribution is 2.18. The molecular weight excluding hydrogens is 416 g/mol. The van der Waals surface area contributed by atoms with E-state index in [4.69, 9.17) is 4.74 Å². The van der Waals surface area contributed by atoms with Gasteiger partial charge in [0.2, 0.25) is 15.9 Å². The number of hydrogen-bond acceptors (Lipinski definition) is 5. The molecule has 0 aliphatic heterocycles. The number of carbonyl (C=O) groups excluding carboxylic acids is 2. The number of amides is 1. The molecule has 3 aromatic rings. The van der Waals surface area contributed by atoms with Crippen LogP contribution in [0.15, 0.2) is 89.8 Å². The van der Waals surface area contributed by atoms with Crippen molar-refractivity contribution in [2.45, 2.75) is 17.4 Å². The first kappa shape index (κ1) is 22.2. The Morgan fingerprint density at radius 2 is 1.45 bits per heavy atom. The molecule has 0 aliphatic carbocycles. The van der Waals surface area contributed by atoms with Crippen LogP contribution < -0.4 is 10.0 Å². The summed E-state index contributed by atoms with van der Waals surface area (Å²) in [7, 11) is -2.71. The summed E-state index contributed by atoms with van der Waals surface area (Å²) in [4.78, 5) is 25.2. The van der Waals surface area contributed by atoms with Gasteiger partial charge >= 0.3 is 5.97 Å². The van der Waals surface area contributed by atoms with Crippen LogP contribution in [0.2, 0.25) is 0 Å². The van der Waals surface area contributed by atoms with E-state index in [1.807, 2.05) is 18.2 Å². The smallest absolute Gasteiger partial charge is 0.339 e. The fourth-order valence-electron chi connectivity index (χ4n) is 2.99. The molecule has 3 aromatic carbocycles.